The molecule has 0 saturated carbocycles. The van der Waals surface area contributed by atoms with Crippen LogP contribution in [0.25, 0.3) is 11.1 Å². The van der Waals surface area contributed by atoms with Gasteiger partial charge in [0.05, 0.1) is 6.20 Å². The highest BCUT2D eigenvalue weighted by molar-refractivity contribution is 6.30. The van der Waals surface area contributed by atoms with E-state index in [4.69, 9.17) is 17.3 Å². The van der Waals surface area contributed by atoms with Gasteiger partial charge < -0.3 is 5.73 Å². The molecule has 0 aliphatic rings. The Morgan fingerprint density at radius 3 is 2.69 bits per heavy atom. The molecule has 2 rings (SSSR count). The molecule has 3 N–H and O–H groups in total. The fourth-order valence-corrected chi connectivity index (χ4v) is 2.06. The third-order valence-electron chi connectivity index (χ3n) is 2.50. The average molecular weight is 237 g/mol. The van der Waals surface area contributed by atoms with Crippen molar-refractivity contribution >= 4 is 17.3 Å². The van der Waals surface area contributed by atoms with Gasteiger partial charge in [0.15, 0.2) is 0 Å². The summed E-state index contributed by atoms with van der Waals surface area (Å²) in [4.78, 5) is 4.16. The van der Waals surface area contributed by atoms with Gasteiger partial charge in [0.1, 0.15) is 5.15 Å². The lowest BCUT2D eigenvalue weighted by molar-refractivity contribution is 0.862. The SMILES string of the molecule is CC(C)c1c(Cl)ncc(-c2cn[nH]c2)c1N. The molecule has 16 heavy (non-hydrogen) atoms. The number of anilines is 1. The van der Waals surface area contributed by atoms with Gasteiger partial charge in [-0.1, -0.05) is 25.4 Å². The van der Waals surface area contributed by atoms with Crippen LogP contribution in [0.15, 0.2) is 18.6 Å². The molecule has 0 radical (unpaired) electrons. The predicted molar refractivity (Wildman–Crippen MR) is 65.3 cm³/mol. The van der Waals surface area contributed by atoms with Crippen LogP contribution < -0.4 is 5.73 Å². The van der Waals surface area contributed by atoms with Crippen molar-refractivity contribution in [2.45, 2.75) is 19.8 Å². The Morgan fingerprint density at radius 1 is 1.38 bits per heavy atom. The third kappa shape index (κ3) is 1.76. The second-order valence-electron chi connectivity index (χ2n) is 3.93. The molecule has 0 unspecified atom stereocenters. The zero-order chi connectivity index (χ0) is 11.7. The maximum atomic E-state index is 6.11. The van der Waals surface area contributed by atoms with Gasteiger partial charge in [-0.3, -0.25) is 5.10 Å². The molecule has 0 spiro atoms. The molecule has 0 fully saturated rings. The minimum atomic E-state index is 0.242. The van der Waals surface area contributed by atoms with Crippen LogP contribution in [0.2, 0.25) is 5.15 Å². The van der Waals surface area contributed by atoms with Crippen LogP contribution in [-0.2, 0) is 0 Å². The van der Waals surface area contributed by atoms with Crippen molar-refractivity contribution in [3.8, 4) is 11.1 Å². The fraction of sp³-hybridized carbons (Fsp3) is 0.273. The van der Waals surface area contributed by atoms with Gasteiger partial charge in [-0.15, -0.1) is 0 Å². The number of H-pyrrole nitrogens is 1. The minimum absolute atomic E-state index is 0.242. The molecule has 0 aliphatic carbocycles. The van der Waals surface area contributed by atoms with Crippen molar-refractivity contribution in [1.82, 2.24) is 15.2 Å². The molecule has 0 saturated heterocycles. The van der Waals surface area contributed by atoms with Crippen molar-refractivity contribution in [3.63, 3.8) is 0 Å². The second kappa shape index (κ2) is 4.14. The molecular formula is C11H13ClN4. The van der Waals surface area contributed by atoms with E-state index in [2.05, 4.69) is 15.2 Å². The molecule has 5 heteroatoms. The topological polar surface area (TPSA) is 67.6 Å². The van der Waals surface area contributed by atoms with Crippen molar-refractivity contribution in [1.29, 1.82) is 0 Å². The van der Waals surface area contributed by atoms with Crippen molar-refractivity contribution in [2.24, 2.45) is 0 Å². The number of nitrogens with one attached hydrogen (secondary N) is 1. The summed E-state index contributed by atoms with van der Waals surface area (Å²) < 4.78 is 0. The predicted octanol–water partition coefficient (Wildman–Crippen LogP) is 2.83. The molecule has 2 aromatic rings. The van der Waals surface area contributed by atoms with E-state index in [0.29, 0.717) is 10.8 Å². The molecular weight excluding hydrogens is 224 g/mol. The minimum Gasteiger partial charge on any atom is -0.398 e. The first kappa shape index (κ1) is 11.0. The van der Waals surface area contributed by atoms with Gasteiger partial charge in [-0.25, -0.2) is 4.98 Å². The lowest BCUT2D eigenvalue weighted by Gasteiger charge is -2.13. The Bertz CT molecular complexity index is 491. The van der Waals surface area contributed by atoms with Gasteiger partial charge in [0.25, 0.3) is 0 Å². The Kier molecular flexibility index (Phi) is 2.83. The largest absolute Gasteiger partial charge is 0.398 e. The number of nitrogens with zero attached hydrogens (tertiary/aromatic N) is 2. The smallest absolute Gasteiger partial charge is 0.134 e. The van der Waals surface area contributed by atoms with E-state index < -0.39 is 0 Å². The highest BCUT2D eigenvalue weighted by atomic mass is 35.5. The average Bonchev–Trinajstić information content (AvgIpc) is 2.70. The summed E-state index contributed by atoms with van der Waals surface area (Å²) in [5.74, 6) is 0.242. The summed E-state index contributed by atoms with van der Waals surface area (Å²) in [5, 5.41) is 7.12. The van der Waals surface area contributed by atoms with Crippen LogP contribution in [0, 0.1) is 0 Å². The van der Waals surface area contributed by atoms with Gasteiger partial charge >= 0.3 is 0 Å². The lowest BCUT2D eigenvalue weighted by atomic mass is 9.99. The van der Waals surface area contributed by atoms with Crippen LogP contribution in [0.5, 0.6) is 0 Å². The Labute approximate surface area is 98.8 Å². The summed E-state index contributed by atoms with van der Waals surface area (Å²) in [6.45, 7) is 4.08. The van der Waals surface area contributed by atoms with Gasteiger partial charge in [-0.2, -0.15) is 5.10 Å². The number of aromatic amines is 1. The summed E-state index contributed by atoms with van der Waals surface area (Å²) in [6.07, 6.45) is 5.17. The summed E-state index contributed by atoms with van der Waals surface area (Å²) in [6, 6.07) is 0. The first-order chi connectivity index (χ1) is 7.61. The zero-order valence-electron chi connectivity index (χ0n) is 9.16. The van der Waals surface area contributed by atoms with E-state index in [9.17, 15) is 0 Å². The summed E-state index contributed by atoms with van der Waals surface area (Å²) >= 11 is 6.04. The number of nitrogen functional groups attached to an aromatic ring is 1. The number of aromatic nitrogens is 3. The number of pyridine rings is 1. The second-order valence-corrected chi connectivity index (χ2v) is 4.29. The Morgan fingerprint density at radius 2 is 2.12 bits per heavy atom. The quantitative estimate of drug-likeness (QED) is 0.788. The maximum absolute atomic E-state index is 6.11. The molecule has 0 bridgehead atoms. The zero-order valence-corrected chi connectivity index (χ0v) is 9.92. The van der Waals surface area contributed by atoms with Gasteiger partial charge in [-0.05, 0) is 5.92 Å². The van der Waals surface area contributed by atoms with Crippen LogP contribution in [0.4, 0.5) is 5.69 Å². The maximum Gasteiger partial charge on any atom is 0.134 e. The summed E-state index contributed by atoms with van der Waals surface area (Å²) in [5.41, 5.74) is 9.46. The fourth-order valence-electron chi connectivity index (χ4n) is 1.69. The van der Waals surface area contributed by atoms with E-state index in [1.807, 2.05) is 13.8 Å². The van der Waals surface area contributed by atoms with E-state index in [-0.39, 0.29) is 5.92 Å². The number of hydrogen-bond acceptors (Lipinski definition) is 3. The molecule has 2 heterocycles. The van der Waals surface area contributed by atoms with Crippen LogP contribution in [-0.4, -0.2) is 15.2 Å². The van der Waals surface area contributed by atoms with Crippen LogP contribution in [0.1, 0.15) is 25.3 Å². The van der Waals surface area contributed by atoms with Crippen molar-refractivity contribution in [3.05, 3.63) is 29.3 Å². The van der Waals surface area contributed by atoms with Crippen LogP contribution >= 0.6 is 11.6 Å². The van der Waals surface area contributed by atoms with Crippen molar-refractivity contribution in [2.75, 3.05) is 5.73 Å². The van der Waals surface area contributed by atoms with E-state index in [1.54, 1.807) is 18.6 Å². The number of halogens is 1. The van der Waals surface area contributed by atoms with E-state index >= 15 is 0 Å². The first-order valence-electron chi connectivity index (χ1n) is 5.04. The normalized spacial score (nSPS) is 11.0. The number of nitrogens with two attached hydrogens (primary N) is 1. The molecule has 4 nitrogen and oxygen atoms in total. The van der Waals surface area contributed by atoms with Crippen LogP contribution in [0.3, 0.4) is 0 Å². The molecule has 2 aromatic heterocycles. The monoisotopic (exact) mass is 236 g/mol. The van der Waals surface area contributed by atoms with Crippen molar-refractivity contribution < 1.29 is 0 Å². The molecule has 84 valence electrons. The highest BCUT2D eigenvalue weighted by Gasteiger charge is 2.15. The standard InChI is InChI=1S/C11H13ClN4/c1-6(2)9-10(13)8(5-14-11(9)12)7-3-15-16-4-7/h3-6H,1-2H3,(H2,13,14)(H,15,16). The Balaban J connectivity index is 2.62. The first-order valence-corrected chi connectivity index (χ1v) is 5.42. The number of rotatable bonds is 2. The lowest BCUT2D eigenvalue weighted by Crippen LogP contribution is -2.01. The van der Waals surface area contributed by atoms with Gasteiger partial charge in [0.2, 0.25) is 0 Å². The highest BCUT2D eigenvalue weighted by Crippen LogP contribution is 2.35. The van der Waals surface area contributed by atoms with Gasteiger partial charge in [0, 0.05) is 34.8 Å². The molecule has 0 atom stereocenters. The Hall–Kier alpha value is -1.55. The molecule has 0 amide bonds. The third-order valence-corrected chi connectivity index (χ3v) is 2.80. The summed E-state index contributed by atoms with van der Waals surface area (Å²) in [7, 11) is 0. The molecule has 0 aliphatic heterocycles. The van der Waals surface area contributed by atoms with E-state index in [1.165, 1.54) is 0 Å². The van der Waals surface area contributed by atoms with E-state index in [0.717, 1.165) is 16.7 Å². The number of hydrogen-bond donors (Lipinski definition) is 2. The molecule has 0 aromatic carbocycles.